The molecule has 3 rings (SSSR count). The normalized spacial score (nSPS) is 10.7. The summed E-state index contributed by atoms with van der Waals surface area (Å²) in [6.07, 6.45) is 0. The van der Waals surface area contributed by atoms with E-state index in [1.165, 1.54) is 11.9 Å². The highest BCUT2D eigenvalue weighted by molar-refractivity contribution is 5.95. The van der Waals surface area contributed by atoms with Crippen molar-refractivity contribution in [2.45, 2.75) is 27.3 Å². The van der Waals surface area contributed by atoms with Gasteiger partial charge in [0, 0.05) is 18.3 Å². The molecule has 0 aliphatic heterocycles. The second-order valence-electron chi connectivity index (χ2n) is 7.27. The van der Waals surface area contributed by atoms with E-state index in [4.69, 9.17) is 4.42 Å². The van der Waals surface area contributed by atoms with Crippen molar-refractivity contribution in [3.8, 4) is 11.5 Å². The van der Waals surface area contributed by atoms with E-state index in [2.05, 4.69) is 10.4 Å². The van der Waals surface area contributed by atoms with Gasteiger partial charge in [0.2, 0.25) is 17.7 Å². The first-order valence-electron chi connectivity index (χ1n) is 9.49. The molecule has 2 amide bonds. The van der Waals surface area contributed by atoms with Crippen LogP contribution in [0.4, 0.5) is 5.69 Å². The van der Waals surface area contributed by atoms with Gasteiger partial charge in [0.05, 0.1) is 6.54 Å². The molecule has 3 aromatic rings. The number of hydrogen-bond donors (Lipinski definition) is 1. The Bertz CT molecular complexity index is 1110. The second kappa shape index (κ2) is 8.77. The van der Waals surface area contributed by atoms with E-state index >= 15 is 0 Å². The standard InChI is InChI=1S/C22H24N4O4/c1-14-10-15(2)20(16(3)11-14)23-18(27)12-25(4)19(28)13-26-22(29)30-21(24-26)17-8-6-5-7-9-17/h5-11H,12-13H2,1-4H3,(H,23,27). The summed E-state index contributed by atoms with van der Waals surface area (Å²) in [6, 6.07) is 12.9. The predicted octanol–water partition coefficient (Wildman–Crippen LogP) is 2.53. The summed E-state index contributed by atoms with van der Waals surface area (Å²) >= 11 is 0. The number of hydrogen-bond acceptors (Lipinski definition) is 5. The lowest BCUT2D eigenvalue weighted by Crippen LogP contribution is -2.38. The Morgan fingerprint density at radius 1 is 1.10 bits per heavy atom. The Morgan fingerprint density at radius 3 is 2.37 bits per heavy atom. The molecule has 0 atom stereocenters. The van der Waals surface area contributed by atoms with Crippen LogP contribution in [0.25, 0.3) is 11.5 Å². The van der Waals surface area contributed by atoms with Crippen LogP contribution in [0.3, 0.4) is 0 Å². The van der Waals surface area contributed by atoms with Crippen LogP contribution in [0.15, 0.2) is 51.7 Å². The van der Waals surface area contributed by atoms with E-state index in [1.807, 2.05) is 39.0 Å². The molecule has 1 aromatic heterocycles. The van der Waals surface area contributed by atoms with Crippen LogP contribution < -0.4 is 11.1 Å². The van der Waals surface area contributed by atoms with Crippen LogP contribution in [0.1, 0.15) is 16.7 Å². The highest BCUT2D eigenvalue weighted by atomic mass is 16.4. The molecule has 156 valence electrons. The molecular formula is C22H24N4O4. The van der Waals surface area contributed by atoms with Gasteiger partial charge in [0.25, 0.3) is 0 Å². The van der Waals surface area contributed by atoms with Crippen LogP contribution in [-0.4, -0.2) is 40.1 Å². The van der Waals surface area contributed by atoms with Gasteiger partial charge >= 0.3 is 5.76 Å². The molecule has 0 aliphatic carbocycles. The summed E-state index contributed by atoms with van der Waals surface area (Å²) in [5.41, 5.74) is 4.40. The molecule has 0 saturated carbocycles. The molecule has 2 aromatic carbocycles. The first-order chi connectivity index (χ1) is 14.2. The maximum atomic E-state index is 12.5. The Morgan fingerprint density at radius 2 is 1.73 bits per heavy atom. The lowest BCUT2D eigenvalue weighted by atomic mass is 10.1. The van der Waals surface area contributed by atoms with Gasteiger partial charge in [-0.2, -0.15) is 4.68 Å². The van der Waals surface area contributed by atoms with Gasteiger partial charge in [-0.3, -0.25) is 9.59 Å². The Labute approximate surface area is 174 Å². The monoisotopic (exact) mass is 408 g/mol. The number of aryl methyl sites for hydroxylation is 3. The molecule has 0 spiro atoms. The highest BCUT2D eigenvalue weighted by Crippen LogP contribution is 2.21. The predicted molar refractivity (Wildman–Crippen MR) is 113 cm³/mol. The van der Waals surface area contributed by atoms with Crippen LogP contribution in [-0.2, 0) is 16.1 Å². The summed E-state index contributed by atoms with van der Waals surface area (Å²) < 4.78 is 6.08. The van der Waals surface area contributed by atoms with Crippen molar-refractivity contribution >= 4 is 17.5 Å². The average molecular weight is 408 g/mol. The largest absolute Gasteiger partial charge is 0.437 e. The zero-order chi connectivity index (χ0) is 21.8. The summed E-state index contributed by atoms with van der Waals surface area (Å²) in [7, 11) is 1.50. The quantitative estimate of drug-likeness (QED) is 0.676. The van der Waals surface area contributed by atoms with Crippen LogP contribution in [0.2, 0.25) is 0 Å². The number of likely N-dealkylation sites (N-methyl/N-ethyl adjacent to an activating group) is 1. The van der Waals surface area contributed by atoms with Gasteiger partial charge in [0.15, 0.2) is 0 Å². The van der Waals surface area contributed by atoms with Crippen molar-refractivity contribution in [1.29, 1.82) is 0 Å². The zero-order valence-corrected chi connectivity index (χ0v) is 17.4. The average Bonchev–Trinajstić information content (AvgIpc) is 3.05. The van der Waals surface area contributed by atoms with Crippen molar-refractivity contribution in [2.75, 3.05) is 18.9 Å². The van der Waals surface area contributed by atoms with Crippen molar-refractivity contribution in [3.05, 3.63) is 69.7 Å². The lowest BCUT2D eigenvalue weighted by molar-refractivity contribution is -0.134. The number of carbonyl (C=O) groups excluding carboxylic acids is 2. The van der Waals surface area contributed by atoms with E-state index in [0.717, 1.165) is 27.1 Å². The Kier molecular flexibility index (Phi) is 6.15. The van der Waals surface area contributed by atoms with Crippen molar-refractivity contribution < 1.29 is 14.0 Å². The smallest absolute Gasteiger partial charge is 0.388 e. The maximum absolute atomic E-state index is 12.5. The minimum absolute atomic E-state index is 0.138. The van der Waals surface area contributed by atoms with Crippen molar-refractivity contribution in [3.63, 3.8) is 0 Å². The SMILES string of the molecule is Cc1cc(C)c(NC(=O)CN(C)C(=O)Cn2nc(-c3ccccc3)oc2=O)c(C)c1. The fourth-order valence-corrected chi connectivity index (χ4v) is 3.21. The fraction of sp³-hybridized carbons (Fsp3) is 0.273. The first kappa shape index (κ1) is 21.0. The molecule has 0 aliphatic rings. The van der Waals surface area contributed by atoms with Gasteiger partial charge in [-0.15, -0.1) is 5.10 Å². The molecule has 8 heteroatoms. The zero-order valence-electron chi connectivity index (χ0n) is 17.4. The molecular weight excluding hydrogens is 384 g/mol. The summed E-state index contributed by atoms with van der Waals surface area (Å²) in [5.74, 6) is -1.35. The lowest BCUT2D eigenvalue weighted by Gasteiger charge is -2.18. The van der Waals surface area contributed by atoms with Gasteiger partial charge in [-0.05, 0) is 44.0 Å². The Balaban J connectivity index is 1.63. The Hall–Kier alpha value is -3.68. The molecule has 1 N–H and O–H groups in total. The maximum Gasteiger partial charge on any atom is 0.437 e. The number of anilines is 1. The third-order valence-corrected chi connectivity index (χ3v) is 4.66. The molecule has 8 nitrogen and oxygen atoms in total. The van der Waals surface area contributed by atoms with Gasteiger partial charge < -0.3 is 14.6 Å². The highest BCUT2D eigenvalue weighted by Gasteiger charge is 2.18. The number of nitrogens with one attached hydrogen (secondary N) is 1. The second-order valence-corrected chi connectivity index (χ2v) is 7.27. The van der Waals surface area contributed by atoms with E-state index < -0.39 is 11.7 Å². The van der Waals surface area contributed by atoms with Gasteiger partial charge in [-0.25, -0.2) is 4.79 Å². The molecule has 0 saturated heterocycles. The van der Waals surface area contributed by atoms with Gasteiger partial charge in [0.1, 0.15) is 6.54 Å². The number of amides is 2. The number of aromatic nitrogens is 2. The summed E-state index contributed by atoms with van der Waals surface area (Å²) in [6.45, 7) is 5.37. The third-order valence-electron chi connectivity index (χ3n) is 4.66. The molecule has 1 heterocycles. The van der Waals surface area contributed by atoms with E-state index in [1.54, 1.807) is 24.3 Å². The minimum atomic E-state index is -0.731. The number of carbonyl (C=O) groups is 2. The summed E-state index contributed by atoms with van der Waals surface area (Å²) in [5, 5.41) is 6.93. The van der Waals surface area contributed by atoms with E-state index in [0.29, 0.717) is 5.56 Å². The number of benzene rings is 2. The minimum Gasteiger partial charge on any atom is -0.388 e. The van der Waals surface area contributed by atoms with Crippen molar-refractivity contribution in [1.82, 2.24) is 14.7 Å². The van der Waals surface area contributed by atoms with Crippen LogP contribution in [0.5, 0.6) is 0 Å². The molecule has 0 unspecified atom stereocenters. The van der Waals surface area contributed by atoms with Crippen molar-refractivity contribution in [2.24, 2.45) is 0 Å². The van der Waals surface area contributed by atoms with E-state index in [9.17, 15) is 14.4 Å². The summed E-state index contributed by atoms with van der Waals surface area (Å²) in [4.78, 5) is 38.2. The molecule has 0 bridgehead atoms. The molecule has 30 heavy (non-hydrogen) atoms. The topological polar surface area (TPSA) is 97.4 Å². The fourth-order valence-electron chi connectivity index (χ4n) is 3.21. The van der Waals surface area contributed by atoms with Crippen LogP contribution >= 0.6 is 0 Å². The van der Waals surface area contributed by atoms with Crippen LogP contribution in [0, 0.1) is 20.8 Å². The van der Waals surface area contributed by atoms with Gasteiger partial charge in [-0.1, -0.05) is 35.9 Å². The molecule has 0 radical (unpaired) electrons. The first-order valence-corrected chi connectivity index (χ1v) is 9.49. The van der Waals surface area contributed by atoms with E-state index in [-0.39, 0.29) is 24.9 Å². The number of nitrogens with zero attached hydrogens (tertiary/aromatic N) is 3. The number of rotatable bonds is 6. The third kappa shape index (κ3) is 4.83. The molecule has 0 fully saturated rings.